The number of carbonyl (C=O) groups is 3. The summed E-state index contributed by atoms with van der Waals surface area (Å²) in [6.07, 6.45) is 11.6. The van der Waals surface area contributed by atoms with Crippen LogP contribution in [0.25, 0.3) is 0 Å². The second-order valence-corrected chi connectivity index (χ2v) is 24.4. The molecular formula is C68H86F2N6O8S. The lowest BCUT2D eigenvalue weighted by Gasteiger charge is -2.45. The van der Waals surface area contributed by atoms with Gasteiger partial charge >= 0.3 is 18.3 Å². The first kappa shape index (κ1) is 64.2. The number of esters is 1. The van der Waals surface area contributed by atoms with Gasteiger partial charge in [-0.1, -0.05) is 115 Å². The predicted molar refractivity (Wildman–Crippen MR) is 331 cm³/mol. The Morgan fingerprint density at radius 2 is 0.965 bits per heavy atom. The molecule has 2 aliphatic carbocycles. The van der Waals surface area contributed by atoms with Crippen LogP contribution in [0.5, 0.6) is 0 Å². The molecule has 2 fully saturated rings. The van der Waals surface area contributed by atoms with Crippen molar-refractivity contribution in [1.29, 1.82) is 0 Å². The van der Waals surface area contributed by atoms with Gasteiger partial charge in [-0.05, 0) is 168 Å². The molecule has 0 saturated heterocycles. The summed E-state index contributed by atoms with van der Waals surface area (Å²) in [5.41, 5.74) is 3.37. The zero-order valence-corrected chi connectivity index (χ0v) is 51.3. The number of methoxy groups -OCH3 is 3. The van der Waals surface area contributed by atoms with E-state index in [1.807, 2.05) is 75.0 Å². The molecule has 9 rings (SSSR count). The summed E-state index contributed by atoms with van der Waals surface area (Å²) in [7, 11) is 12.2. The highest BCUT2D eigenvalue weighted by molar-refractivity contribution is 7.98. The number of benzene rings is 5. The maximum atomic E-state index is 14.2. The van der Waals surface area contributed by atoms with Crippen molar-refractivity contribution >= 4 is 42.7 Å². The molecule has 2 saturated carbocycles. The Hall–Kier alpha value is -6.82. The van der Waals surface area contributed by atoms with Crippen LogP contribution in [-0.4, -0.2) is 142 Å². The van der Waals surface area contributed by atoms with E-state index < -0.39 is 23.8 Å². The molecule has 0 spiro atoms. The fourth-order valence-corrected chi connectivity index (χ4v) is 14.9. The minimum absolute atomic E-state index is 0.0610. The van der Waals surface area contributed by atoms with Crippen LogP contribution in [0.1, 0.15) is 104 Å². The first-order valence-electron chi connectivity index (χ1n) is 29.9. The van der Waals surface area contributed by atoms with Gasteiger partial charge in [0.1, 0.15) is 11.6 Å². The third-order valence-corrected chi connectivity index (χ3v) is 18.7. The number of carbonyl (C=O) groups excluding carboxylic acids is 3. The van der Waals surface area contributed by atoms with Crippen molar-refractivity contribution in [2.24, 2.45) is 33.7 Å². The SMILES string of the molecule is COC(=O)CCC1(OC(=O)OC)N=CN(CCc2ccccc2)C1C1CCC(C(c2cccc(F)c2)N(C)C)CC1.COC(=O)OC1(CSCc2ccccc2)N=CN(CCc2ccccc2)C1C1CCC(C(c2cccc(F)c2)N(C)C)CC1. The number of halogens is 2. The molecule has 4 aliphatic rings. The third kappa shape index (κ3) is 17.0. The van der Waals surface area contributed by atoms with Crippen LogP contribution in [0.15, 0.2) is 150 Å². The number of rotatable bonds is 23. The second kappa shape index (κ2) is 31.0. The van der Waals surface area contributed by atoms with Crippen molar-refractivity contribution in [3.8, 4) is 0 Å². The molecular weight excluding hydrogens is 1100 g/mol. The Kier molecular flexibility index (Phi) is 23.4. The maximum Gasteiger partial charge on any atom is 0.510 e. The smallest absolute Gasteiger partial charge is 0.469 e. The molecule has 5 aromatic carbocycles. The quantitative estimate of drug-likeness (QED) is 0.0454. The van der Waals surface area contributed by atoms with E-state index in [0.29, 0.717) is 24.1 Å². The Balaban J connectivity index is 0.000000222. The van der Waals surface area contributed by atoms with Crippen LogP contribution in [0.4, 0.5) is 18.4 Å². The van der Waals surface area contributed by atoms with E-state index in [1.165, 1.54) is 50.2 Å². The third-order valence-electron chi connectivity index (χ3n) is 17.6. The van der Waals surface area contributed by atoms with Crippen molar-refractivity contribution in [2.45, 2.75) is 118 Å². The van der Waals surface area contributed by atoms with Gasteiger partial charge in [-0.3, -0.25) is 4.79 Å². The fraction of sp³-hybridized carbons (Fsp3) is 0.485. The first-order valence-corrected chi connectivity index (χ1v) is 31.1. The lowest BCUT2D eigenvalue weighted by atomic mass is 9.71. The lowest BCUT2D eigenvalue weighted by molar-refractivity contribution is -0.143. The second-order valence-electron chi connectivity index (χ2n) is 23.5. The molecule has 0 aromatic heterocycles. The van der Waals surface area contributed by atoms with E-state index in [1.54, 1.807) is 42.4 Å². The van der Waals surface area contributed by atoms with Gasteiger partial charge < -0.3 is 43.3 Å². The molecule has 17 heteroatoms. The number of hydrogen-bond acceptors (Lipinski definition) is 15. The molecule has 2 aliphatic heterocycles. The number of nitrogens with zero attached hydrogens (tertiary/aromatic N) is 6. The molecule has 0 amide bonds. The monoisotopic (exact) mass is 1180 g/mol. The summed E-state index contributed by atoms with van der Waals surface area (Å²) in [5, 5.41) is 0. The van der Waals surface area contributed by atoms with Crippen LogP contribution >= 0.6 is 11.8 Å². The number of hydrogen-bond donors (Lipinski definition) is 0. The zero-order chi connectivity index (χ0) is 60.3. The van der Waals surface area contributed by atoms with Gasteiger partial charge in [0.2, 0.25) is 11.4 Å². The molecule has 456 valence electrons. The van der Waals surface area contributed by atoms with Gasteiger partial charge in [0.15, 0.2) is 0 Å². The highest BCUT2D eigenvalue weighted by Crippen LogP contribution is 2.48. The van der Waals surface area contributed by atoms with E-state index in [0.717, 1.165) is 87.6 Å². The Morgan fingerprint density at radius 1 is 0.553 bits per heavy atom. The van der Waals surface area contributed by atoms with Crippen molar-refractivity contribution in [1.82, 2.24) is 19.6 Å². The summed E-state index contributed by atoms with van der Waals surface area (Å²) in [4.78, 5) is 56.1. The summed E-state index contributed by atoms with van der Waals surface area (Å²) in [6, 6.07) is 44.8. The number of thioether (sulfide) groups is 1. The van der Waals surface area contributed by atoms with Crippen molar-refractivity contribution in [3.05, 3.63) is 179 Å². The molecule has 2 heterocycles. The van der Waals surface area contributed by atoms with E-state index in [9.17, 15) is 23.2 Å². The van der Waals surface area contributed by atoms with Crippen molar-refractivity contribution in [2.75, 3.05) is 68.4 Å². The molecule has 6 atom stereocenters. The molecule has 0 radical (unpaired) electrons. The van der Waals surface area contributed by atoms with Crippen LogP contribution in [0, 0.1) is 35.3 Å². The van der Waals surface area contributed by atoms with E-state index in [2.05, 4.69) is 82.2 Å². The van der Waals surface area contributed by atoms with Crippen molar-refractivity contribution < 1.29 is 46.8 Å². The fourth-order valence-electron chi connectivity index (χ4n) is 13.8. The lowest BCUT2D eigenvalue weighted by Crippen LogP contribution is -2.55. The largest absolute Gasteiger partial charge is 0.510 e. The molecule has 85 heavy (non-hydrogen) atoms. The normalized spacial score (nSPS) is 24.3. The summed E-state index contributed by atoms with van der Waals surface area (Å²) in [5.74, 6) is 1.67. The topological polar surface area (TPSA) is 135 Å². The average Bonchev–Trinajstić information content (AvgIpc) is 1.90. The standard InChI is InChI=1S/C36H44FN3O3S.C32H42FN3O5/c1-39(2)33(31-15-10-16-32(37)23-31)29-17-19-30(20-18-29)34-36(43-35(41)42-3,25-44-24-28-13-8-5-9-14-28)38-26-40(34)22-21-27-11-6-4-7-12-27;1-35(2)29(26-11-8-12-27(33)21-26)24-13-15-25(16-14-24)30-32(41-31(38)40-4,19-17-28(37)39-3)34-22-36(30)20-18-23-9-6-5-7-10-23/h4-16,23,26,29-30,33-34H,17-22,24-25H2,1-3H3;5-12,21-22,24-25,29-30H,13-20H2,1-4H3. The molecule has 6 unspecified atom stereocenters. The summed E-state index contributed by atoms with van der Waals surface area (Å²) < 4.78 is 55.2. The van der Waals surface area contributed by atoms with Gasteiger partial charge in [-0.2, -0.15) is 11.8 Å². The van der Waals surface area contributed by atoms with Crippen molar-refractivity contribution in [3.63, 3.8) is 0 Å². The molecule has 0 bridgehead atoms. The van der Waals surface area contributed by atoms with Crippen LogP contribution in [0.2, 0.25) is 0 Å². The predicted octanol–water partition coefficient (Wildman–Crippen LogP) is 13.2. The van der Waals surface area contributed by atoms with Gasteiger partial charge in [-0.15, -0.1) is 0 Å². The van der Waals surface area contributed by atoms with Gasteiger partial charge in [0.05, 0.1) is 58.3 Å². The maximum absolute atomic E-state index is 14.2. The Bertz CT molecular complexity index is 2950. The van der Waals surface area contributed by atoms with Gasteiger partial charge in [0.25, 0.3) is 0 Å². The van der Waals surface area contributed by atoms with E-state index >= 15 is 0 Å². The Morgan fingerprint density at radius 3 is 1.38 bits per heavy atom. The molecule has 5 aromatic rings. The van der Waals surface area contributed by atoms with Crippen LogP contribution in [-0.2, 0) is 47.1 Å². The van der Waals surface area contributed by atoms with Gasteiger partial charge in [0, 0.05) is 37.3 Å². The van der Waals surface area contributed by atoms with Crippen LogP contribution in [0.3, 0.4) is 0 Å². The summed E-state index contributed by atoms with van der Waals surface area (Å²) in [6.45, 7) is 1.46. The zero-order valence-electron chi connectivity index (χ0n) is 50.5. The van der Waals surface area contributed by atoms with Crippen LogP contribution < -0.4 is 0 Å². The molecule has 0 N–H and O–H groups in total. The average molecular weight is 1190 g/mol. The number of aliphatic imine (C=N–C) groups is 2. The highest BCUT2D eigenvalue weighted by atomic mass is 32.2. The van der Waals surface area contributed by atoms with Gasteiger partial charge in [-0.25, -0.2) is 28.4 Å². The summed E-state index contributed by atoms with van der Waals surface area (Å²) >= 11 is 1.73. The Labute approximate surface area is 506 Å². The van der Waals surface area contributed by atoms with E-state index in [4.69, 9.17) is 33.7 Å². The van der Waals surface area contributed by atoms with E-state index in [-0.39, 0.29) is 66.4 Å². The number of ether oxygens (including phenoxy) is 5. The minimum atomic E-state index is -1.26. The minimum Gasteiger partial charge on any atom is -0.469 e. The first-order chi connectivity index (χ1) is 41.1. The molecule has 14 nitrogen and oxygen atoms in total. The highest BCUT2D eigenvalue weighted by Gasteiger charge is 2.55.